The number of hydrogen-bond acceptors (Lipinski definition) is 10. The first-order valence-corrected chi connectivity index (χ1v) is 12.2. The fourth-order valence-electron chi connectivity index (χ4n) is 4.11. The summed E-state index contributed by atoms with van der Waals surface area (Å²) in [4.78, 5) is 68.5. The molecule has 0 unspecified atom stereocenters. The number of rotatable bonds is 9. The van der Waals surface area contributed by atoms with Crippen LogP contribution >= 0.6 is 0 Å². The van der Waals surface area contributed by atoms with Crippen LogP contribution in [0.15, 0.2) is 64.3 Å². The Bertz CT molecular complexity index is 1920. The average molecular weight is 555 g/mol. The highest BCUT2D eigenvalue weighted by molar-refractivity contribution is 5.95. The number of nitrogens with zero attached hydrogens (tertiary/aromatic N) is 4. The van der Waals surface area contributed by atoms with Gasteiger partial charge in [-0.1, -0.05) is 24.3 Å². The molecule has 0 fully saturated rings. The summed E-state index contributed by atoms with van der Waals surface area (Å²) in [6, 6.07) is 13.0. The standard InChI is InChI=1S/C27H22N8O6/c1-13-9-15(5-6-17(13)27(40)41)12-30-26(39)24-34-23(33-18-7-8-31-35(18)24)25(38)29-11-14-3-2-4-16(10-14)32-20-19(28)21(36)22(20)37/h2-10,32H,11-12,28H2,1H3,(H,29,38)(H,30,39)(H,40,41). The van der Waals surface area contributed by atoms with Crippen molar-refractivity contribution in [3.05, 3.63) is 109 Å². The second kappa shape index (κ2) is 10.7. The van der Waals surface area contributed by atoms with E-state index in [-0.39, 0.29) is 47.3 Å². The van der Waals surface area contributed by atoms with Crippen molar-refractivity contribution in [2.24, 2.45) is 0 Å². The summed E-state index contributed by atoms with van der Waals surface area (Å²) in [5, 5.41) is 21.5. The molecule has 0 aliphatic carbocycles. The summed E-state index contributed by atoms with van der Waals surface area (Å²) in [5.74, 6) is -2.73. The summed E-state index contributed by atoms with van der Waals surface area (Å²) in [7, 11) is 0. The lowest BCUT2D eigenvalue weighted by Crippen LogP contribution is -2.36. The van der Waals surface area contributed by atoms with Gasteiger partial charge in [0.05, 0.1) is 11.8 Å². The van der Waals surface area contributed by atoms with E-state index < -0.39 is 28.6 Å². The molecule has 0 saturated heterocycles. The number of nitrogen functional groups attached to an aromatic ring is 1. The largest absolute Gasteiger partial charge is 0.478 e. The van der Waals surface area contributed by atoms with Crippen LogP contribution in [0.3, 0.4) is 0 Å². The van der Waals surface area contributed by atoms with E-state index in [1.54, 1.807) is 43.3 Å². The number of carbonyl (C=O) groups is 3. The minimum Gasteiger partial charge on any atom is -0.478 e. The second-order valence-electron chi connectivity index (χ2n) is 9.06. The van der Waals surface area contributed by atoms with Crippen LogP contribution in [0.4, 0.5) is 17.1 Å². The van der Waals surface area contributed by atoms with Crippen LogP contribution in [0, 0.1) is 6.92 Å². The molecule has 0 spiro atoms. The fraction of sp³-hybridized carbons (Fsp3) is 0.111. The molecule has 5 aromatic rings. The lowest BCUT2D eigenvalue weighted by atomic mass is 10.1. The zero-order chi connectivity index (χ0) is 29.3. The maximum atomic E-state index is 13.0. The molecule has 5 rings (SSSR count). The minimum absolute atomic E-state index is 0.0249. The van der Waals surface area contributed by atoms with Crippen molar-refractivity contribution in [1.29, 1.82) is 0 Å². The number of carboxylic acids is 1. The molecule has 0 aliphatic heterocycles. The molecular weight excluding hydrogens is 532 g/mol. The Morgan fingerprint density at radius 3 is 2.37 bits per heavy atom. The van der Waals surface area contributed by atoms with Gasteiger partial charge in [-0.3, -0.25) is 19.2 Å². The zero-order valence-electron chi connectivity index (χ0n) is 21.5. The number of aromatic carboxylic acids is 1. The van der Waals surface area contributed by atoms with Crippen LogP contribution in [0.25, 0.3) is 5.65 Å². The Hall–Kier alpha value is -5.92. The zero-order valence-corrected chi connectivity index (χ0v) is 21.5. The highest BCUT2D eigenvalue weighted by Gasteiger charge is 2.20. The van der Waals surface area contributed by atoms with Gasteiger partial charge in [-0.05, 0) is 41.8 Å². The van der Waals surface area contributed by atoms with Crippen LogP contribution < -0.4 is 32.5 Å². The molecular formula is C27H22N8O6. The van der Waals surface area contributed by atoms with E-state index >= 15 is 0 Å². The summed E-state index contributed by atoms with van der Waals surface area (Å²) in [6.07, 6.45) is 1.41. The lowest BCUT2D eigenvalue weighted by molar-refractivity contribution is 0.0695. The number of carboxylic acid groups (broad SMARTS) is 1. The Kier molecular flexibility index (Phi) is 6.95. The van der Waals surface area contributed by atoms with Crippen molar-refractivity contribution >= 4 is 40.5 Å². The van der Waals surface area contributed by atoms with E-state index in [9.17, 15) is 29.1 Å². The average Bonchev–Trinajstić information content (AvgIpc) is 3.45. The lowest BCUT2D eigenvalue weighted by Gasteiger charge is -2.12. The van der Waals surface area contributed by atoms with Crippen LogP contribution in [0.2, 0.25) is 0 Å². The smallest absolute Gasteiger partial charge is 0.335 e. The van der Waals surface area contributed by atoms with E-state index in [1.807, 2.05) is 0 Å². The molecule has 14 heteroatoms. The van der Waals surface area contributed by atoms with Gasteiger partial charge in [-0.15, -0.1) is 0 Å². The third kappa shape index (κ3) is 5.34. The van der Waals surface area contributed by atoms with Gasteiger partial charge >= 0.3 is 5.97 Å². The number of anilines is 3. The normalized spacial score (nSPS) is 11.0. The third-order valence-corrected chi connectivity index (χ3v) is 6.23. The molecule has 0 saturated carbocycles. The highest BCUT2D eigenvalue weighted by Crippen LogP contribution is 2.19. The Morgan fingerprint density at radius 1 is 0.927 bits per heavy atom. The number of aryl methyl sites for hydroxylation is 1. The quantitative estimate of drug-likeness (QED) is 0.162. The second-order valence-corrected chi connectivity index (χ2v) is 9.06. The van der Waals surface area contributed by atoms with Crippen molar-refractivity contribution < 1.29 is 19.5 Å². The molecule has 0 aliphatic rings. The summed E-state index contributed by atoms with van der Waals surface area (Å²) in [6.45, 7) is 1.81. The van der Waals surface area contributed by atoms with Gasteiger partial charge in [0.1, 0.15) is 11.4 Å². The van der Waals surface area contributed by atoms with E-state index in [0.29, 0.717) is 22.4 Å². The van der Waals surface area contributed by atoms with Gasteiger partial charge in [0, 0.05) is 24.8 Å². The molecule has 2 amide bonds. The van der Waals surface area contributed by atoms with E-state index in [1.165, 1.54) is 22.8 Å². The summed E-state index contributed by atoms with van der Waals surface area (Å²) < 4.78 is 1.20. The van der Waals surface area contributed by atoms with Crippen molar-refractivity contribution in [1.82, 2.24) is 30.2 Å². The minimum atomic E-state index is -1.04. The molecule has 3 aromatic carbocycles. The summed E-state index contributed by atoms with van der Waals surface area (Å²) >= 11 is 0. The fourth-order valence-corrected chi connectivity index (χ4v) is 4.11. The van der Waals surface area contributed by atoms with Crippen LogP contribution in [0.5, 0.6) is 0 Å². The topological polar surface area (TPSA) is 211 Å². The van der Waals surface area contributed by atoms with Crippen molar-refractivity contribution in [3.8, 4) is 0 Å². The van der Waals surface area contributed by atoms with Gasteiger partial charge in [-0.25, -0.2) is 9.78 Å². The molecule has 0 bridgehead atoms. The maximum Gasteiger partial charge on any atom is 0.335 e. The number of nitrogens with one attached hydrogen (secondary N) is 3. The molecule has 6 N–H and O–H groups in total. The SMILES string of the molecule is Cc1cc(CNC(=O)c2nc(C(=O)NCc3cccc(Nc4c(N)c(=O)c4=O)c3)nc3ccnn23)ccc1C(=O)O. The first-order chi connectivity index (χ1) is 19.6. The number of amides is 2. The maximum absolute atomic E-state index is 13.0. The number of hydrogen-bond donors (Lipinski definition) is 5. The number of benzene rings is 2. The van der Waals surface area contributed by atoms with E-state index in [0.717, 1.165) is 0 Å². The molecule has 14 nitrogen and oxygen atoms in total. The number of nitrogens with two attached hydrogens (primary N) is 1. The molecule has 2 aromatic heterocycles. The molecule has 0 radical (unpaired) electrons. The highest BCUT2D eigenvalue weighted by atomic mass is 16.4. The number of aromatic nitrogens is 4. The van der Waals surface area contributed by atoms with E-state index in [2.05, 4.69) is 31.0 Å². The molecule has 41 heavy (non-hydrogen) atoms. The van der Waals surface area contributed by atoms with Crippen molar-refractivity contribution in [3.63, 3.8) is 0 Å². The molecule has 206 valence electrons. The van der Waals surface area contributed by atoms with Gasteiger partial charge in [-0.2, -0.15) is 14.6 Å². The number of carbonyl (C=O) groups excluding carboxylic acids is 2. The van der Waals surface area contributed by atoms with Crippen LogP contribution in [0.1, 0.15) is 48.3 Å². The van der Waals surface area contributed by atoms with Crippen molar-refractivity contribution in [2.45, 2.75) is 20.0 Å². The Balaban J connectivity index is 1.28. The first-order valence-electron chi connectivity index (χ1n) is 12.2. The summed E-state index contributed by atoms with van der Waals surface area (Å²) in [5.41, 5.74) is 6.81. The predicted octanol–water partition coefficient (Wildman–Crippen LogP) is 0.913. The van der Waals surface area contributed by atoms with Gasteiger partial charge in [0.25, 0.3) is 22.7 Å². The van der Waals surface area contributed by atoms with E-state index in [4.69, 9.17) is 5.73 Å². The molecule has 2 heterocycles. The predicted molar refractivity (Wildman–Crippen MR) is 147 cm³/mol. The third-order valence-electron chi connectivity index (χ3n) is 6.23. The molecule has 0 atom stereocenters. The van der Waals surface area contributed by atoms with Crippen molar-refractivity contribution in [2.75, 3.05) is 11.1 Å². The Labute approximate surface area is 230 Å². The monoisotopic (exact) mass is 554 g/mol. The van der Waals surface area contributed by atoms with Crippen LogP contribution in [-0.2, 0) is 13.1 Å². The van der Waals surface area contributed by atoms with Gasteiger partial charge in [0.2, 0.25) is 11.6 Å². The van der Waals surface area contributed by atoms with Crippen LogP contribution in [-0.4, -0.2) is 42.5 Å². The van der Waals surface area contributed by atoms with Gasteiger partial charge in [0.15, 0.2) is 5.65 Å². The Morgan fingerprint density at radius 2 is 1.66 bits per heavy atom. The first kappa shape index (κ1) is 26.7. The number of fused-ring (bicyclic) bond motifs is 1. The van der Waals surface area contributed by atoms with Gasteiger partial charge < -0.3 is 26.8 Å².